The topological polar surface area (TPSA) is 105 Å². The van der Waals surface area contributed by atoms with Crippen molar-refractivity contribution in [2.75, 3.05) is 7.11 Å². The van der Waals surface area contributed by atoms with Gasteiger partial charge in [0, 0.05) is 34.1 Å². The molecular weight excluding hydrogens is 416 g/mol. The number of methoxy groups -OCH3 is 1. The van der Waals surface area contributed by atoms with Crippen molar-refractivity contribution >= 4 is 34.0 Å². The molecule has 0 saturated carbocycles. The molecule has 1 aliphatic heterocycles. The first kappa shape index (κ1) is 19.1. The largest absolute Gasteiger partial charge is 0.497 e. The molecule has 8 nitrogen and oxygen atoms in total. The maximum Gasteiger partial charge on any atom is 0.322 e. The zero-order valence-electron chi connectivity index (χ0n) is 16.5. The maximum absolute atomic E-state index is 12.9. The van der Waals surface area contributed by atoms with E-state index in [2.05, 4.69) is 15.6 Å². The zero-order valence-corrected chi connectivity index (χ0v) is 17.3. The number of aromatic hydroxyl groups is 1. The Hall–Kier alpha value is -3.85. The van der Waals surface area contributed by atoms with Crippen LogP contribution in [0.2, 0.25) is 0 Å². The third kappa shape index (κ3) is 3.10. The molecule has 31 heavy (non-hydrogen) atoms. The highest BCUT2D eigenvalue weighted by atomic mass is 32.1. The Bertz CT molecular complexity index is 1300. The van der Waals surface area contributed by atoms with E-state index in [0.29, 0.717) is 16.7 Å². The number of nitrogens with zero attached hydrogens (tertiary/aromatic N) is 2. The summed E-state index contributed by atoms with van der Waals surface area (Å²) < 4.78 is 6.81. The fourth-order valence-electron chi connectivity index (χ4n) is 3.90. The van der Waals surface area contributed by atoms with Crippen LogP contribution in [0.5, 0.6) is 11.6 Å². The van der Waals surface area contributed by atoms with Crippen molar-refractivity contribution < 1.29 is 19.4 Å². The van der Waals surface area contributed by atoms with Crippen molar-refractivity contribution in [3.05, 3.63) is 65.8 Å². The van der Waals surface area contributed by atoms with E-state index in [9.17, 15) is 14.7 Å². The highest BCUT2D eigenvalue weighted by Gasteiger charge is 2.48. The first-order valence-corrected chi connectivity index (χ1v) is 10.4. The van der Waals surface area contributed by atoms with Gasteiger partial charge in [0.05, 0.1) is 13.7 Å². The molecule has 1 unspecified atom stereocenters. The van der Waals surface area contributed by atoms with Gasteiger partial charge in [-0.25, -0.2) is 9.78 Å². The van der Waals surface area contributed by atoms with E-state index in [4.69, 9.17) is 4.74 Å². The molecule has 1 fully saturated rings. The fraction of sp³-hybridized carbons (Fsp3) is 0.136. The molecular formula is C22H18N4O4S. The Morgan fingerprint density at radius 1 is 1.19 bits per heavy atom. The molecule has 1 saturated heterocycles. The molecule has 3 N–H and O–H groups in total. The summed E-state index contributed by atoms with van der Waals surface area (Å²) in [5, 5.41) is 20.0. The molecule has 0 spiro atoms. The van der Waals surface area contributed by atoms with E-state index in [0.717, 1.165) is 16.0 Å². The number of amides is 3. The van der Waals surface area contributed by atoms with Gasteiger partial charge in [-0.1, -0.05) is 24.3 Å². The summed E-state index contributed by atoms with van der Waals surface area (Å²) in [5.41, 5.74) is 0.154. The number of hydrogen-bond donors (Lipinski definition) is 3. The molecule has 3 amide bonds. The van der Waals surface area contributed by atoms with Gasteiger partial charge >= 0.3 is 6.03 Å². The van der Waals surface area contributed by atoms with E-state index >= 15 is 0 Å². The van der Waals surface area contributed by atoms with Crippen LogP contribution in [0.1, 0.15) is 5.56 Å². The fourth-order valence-corrected chi connectivity index (χ4v) is 4.54. The third-order valence-corrected chi connectivity index (χ3v) is 6.29. The summed E-state index contributed by atoms with van der Waals surface area (Å²) in [6.07, 6.45) is 3.46. The molecule has 156 valence electrons. The first-order chi connectivity index (χ1) is 15.0. The Kier molecular flexibility index (Phi) is 4.40. The number of nitrogens with one attached hydrogen (secondary N) is 2. The van der Waals surface area contributed by atoms with Crippen LogP contribution in [-0.2, 0) is 16.9 Å². The van der Waals surface area contributed by atoms with Gasteiger partial charge in [0.1, 0.15) is 10.8 Å². The minimum atomic E-state index is -1.37. The molecule has 9 heteroatoms. The van der Waals surface area contributed by atoms with Crippen LogP contribution >= 0.6 is 11.3 Å². The number of hydrogen-bond acceptors (Lipinski definition) is 6. The molecule has 0 radical (unpaired) electrons. The number of rotatable bonds is 5. The predicted octanol–water partition coefficient (Wildman–Crippen LogP) is 3.21. The number of urea groups is 1. The van der Waals surface area contributed by atoms with Crippen LogP contribution in [-0.4, -0.2) is 33.7 Å². The van der Waals surface area contributed by atoms with Gasteiger partial charge in [0.25, 0.3) is 5.91 Å². The second kappa shape index (κ2) is 7.13. The minimum Gasteiger partial charge on any atom is -0.497 e. The van der Waals surface area contributed by atoms with E-state index in [1.165, 1.54) is 11.3 Å². The van der Waals surface area contributed by atoms with Crippen LogP contribution in [0, 0.1) is 0 Å². The van der Waals surface area contributed by atoms with Crippen molar-refractivity contribution in [2.24, 2.45) is 0 Å². The number of thiazole rings is 1. The lowest BCUT2D eigenvalue weighted by Gasteiger charge is -2.27. The number of benzene rings is 2. The Morgan fingerprint density at radius 3 is 2.65 bits per heavy atom. The number of fused-ring (bicyclic) bond motifs is 1. The number of imide groups is 1. The van der Waals surface area contributed by atoms with E-state index in [1.807, 2.05) is 17.5 Å². The Balaban J connectivity index is 1.57. The van der Waals surface area contributed by atoms with Crippen LogP contribution in [0.15, 0.2) is 60.2 Å². The van der Waals surface area contributed by atoms with Crippen LogP contribution in [0.25, 0.3) is 21.3 Å². The van der Waals surface area contributed by atoms with E-state index < -0.39 is 17.5 Å². The highest BCUT2D eigenvalue weighted by molar-refractivity contribution is 7.13. The van der Waals surface area contributed by atoms with Gasteiger partial charge in [0.15, 0.2) is 11.4 Å². The smallest absolute Gasteiger partial charge is 0.322 e. The summed E-state index contributed by atoms with van der Waals surface area (Å²) in [5.74, 6) is 0.184. The lowest BCUT2D eigenvalue weighted by atomic mass is 9.89. The quantitative estimate of drug-likeness (QED) is 0.418. The summed E-state index contributed by atoms with van der Waals surface area (Å²) in [6.45, 7) is 0.0179. The summed E-state index contributed by atoms with van der Waals surface area (Å²) >= 11 is 1.52. The van der Waals surface area contributed by atoms with Crippen LogP contribution < -0.4 is 15.4 Å². The summed E-state index contributed by atoms with van der Waals surface area (Å²) in [4.78, 5) is 29.3. The SMILES string of the molecule is COc1ccc2c(O)n(CC3(c4ccc(-c5nccs5)cc4)NC(=O)NC3=O)cc2c1. The Morgan fingerprint density at radius 2 is 2.00 bits per heavy atom. The number of ether oxygens (including phenoxy) is 1. The molecule has 0 bridgehead atoms. The van der Waals surface area contributed by atoms with Crippen LogP contribution in [0.4, 0.5) is 4.79 Å². The van der Waals surface area contributed by atoms with Gasteiger partial charge in [-0.05, 0) is 23.8 Å². The van der Waals surface area contributed by atoms with E-state index in [1.54, 1.807) is 54.4 Å². The maximum atomic E-state index is 12.9. The average Bonchev–Trinajstić information content (AvgIpc) is 3.48. The lowest BCUT2D eigenvalue weighted by Crippen LogP contribution is -2.47. The normalized spacial score (nSPS) is 18.2. The molecule has 1 aliphatic rings. The zero-order chi connectivity index (χ0) is 21.6. The summed E-state index contributed by atoms with van der Waals surface area (Å²) in [6, 6.07) is 12.1. The van der Waals surface area contributed by atoms with Crippen LogP contribution in [0.3, 0.4) is 0 Å². The minimum absolute atomic E-state index is 0.00498. The standard InChI is InChI=1S/C22H18N4O4S/c1-30-16-6-7-17-14(10-16)11-26(19(17)27)12-22(20(28)24-21(29)25-22)15-4-2-13(3-5-15)18-23-8-9-31-18/h2-11,27H,12H2,1H3,(H2,24,25,28,29). The van der Waals surface area contributed by atoms with Crippen molar-refractivity contribution in [1.82, 2.24) is 20.2 Å². The second-order valence-corrected chi connectivity index (χ2v) is 8.16. The number of aromatic nitrogens is 2. The number of carbonyl (C=O) groups is 2. The Labute approximate surface area is 181 Å². The number of carbonyl (C=O) groups excluding carboxylic acids is 2. The third-order valence-electron chi connectivity index (χ3n) is 5.47. The van der Waals surface area contributed by atoms with Gasteiger partial charge in [0.2, 0.25) is 0 Å². The average molecular weight is 434 g/mol. The van der Waals surface area contributed by atoms with Crippen molar-refractivity contribution in [1.29, 1.82) is 0 Å². The molecule has 0 aliphatic carbocycles. The summed E-state index contributed by atoms with van der Waals surface area (Å²) in [7, 11) is 1.57. The first-order valence-electron chi connectivity index (χ1n) is 9.50. The molecule has 2 aromatic carbocycles. The second-order valence-electron chi connectivity index (χ2n) is 7.26. The monoisotopic (exact) mass is 434 g/mol. The van der Waals surface area contributed by atoms with Crippen molar-refractivity contribution in [2.45, 2.75) is 12.1 Å². The predicted molar refractivity (Wildman–Crippen MR) is 116 cm³/mol. The molecule has 3 heterocycles. The van der Waals surface area contributed by atoms with Gasteiger partial charge in [-0.3, -0.25) is 10.1 Å². The highest BCUT2D eigenvalue weighted by Crippen LogP contribution is 2.35. The van der Waals surface area contributed by atoms with Crippen molar-refractivity contribution in [3.63, 3.8) is 0 Å². The van der Waals surface area contributed by atoms with E-state index in [-0.39, 0.29) is 12.4 Å². The molecule has 2 aromatic heterocycles. The molecule has 1 atom stereocenters. The van der Waals surface area contributed by atoms with Gasteiger partial charge in [-0.15, -0.1) is 11.3 Å². The lowest BCUT2D eigenvalue weighted by molar-refractivity contribution is -0.124. The molecule has 4 aromatic rings. The van der Waals surface area contributed by atoms with Crippen molar-refractivity contribution in [3.8, 4) is 22.2 Å². The van der Waals surface area contributed by atoms with Gasteiger partial charge in [-0.2, -0.15) is 0 Å². The van der Waals surface area contributed by atoms with Gasteiger partial charge < -0.3 is 19.7 Å². The molecule has 5 rings (SSSR count).